The van der Waals surface area contributed by atoms with Crippen molar-refractivity contribution in [1.82, 2.24) is 0 Å². The summed E-state index contributed by atoms with van der Waals surface area (Å²) in [6.07, 6.45) is 4.07. The molecule has 0 aliphatic rings. The summed E-state index contributed by atoms with van der Waals surface area (Å²) in [5.74, 6) is 0. The summed E-state index contributed by atoms with van der Waals surface area (Å²) in [6.45, 7) is 10.2. The van der Waals surface area contributed by atoms with Gasteiger partial charge in [-0.1, -0.05) is 32.9 Å². The molecule has 2 heteroatoms. The van der Waals surface area contributed by atoms with E-state index in [4.69, 9.17) is 4.84 Å². The predicted octanol–water partition coefficient (Wildman–Crippen LogP) is 2.71. The summed E-state index contributed by atoms with van der Waals surface area (Å²) < 4.78 is 0. The van der Waals surface area contributed by atoms with Crippen LogP contribution in [0.25, 0.3) is 0 Å². The molecule has 0 fully saturated rings. The van der Waals surface area contributed by atoms with Gasteiger partial charge in [-0.3, -0.25) is 0 Å². The molecule has 0 bridgehead atoms. The van der Waals surface area contributed by atoms with Crippen molar-refractivity contribution in [2.75, 3.05) is 0 Å². The second kappa shape index (κ2) is 4.37. The molecule has 0 N–H and O–H groups in total. The Labute approximate surface area is 69.6 Å². The summed E-state index contributed by atoms with van der Waals surface area (Å²) in [7, 11) is 0. The average Bonchev–Trinajstić information content (AvgIpc) is 1.85. The van der Waals surface area contributed by atoms with Crippen LogP contribution < -0.4 is 0 Å². The van der Waals surface area contributed by atoms with Gasteiger partial charge in [-0.25, -0.2) is 0 Å². The highest BCUT2D eigenvalue weighted by atomic mass is 16.6. The fourth-order valence-corrected chi connectivity index (χ4v) is 0.328. The van der Waals surface area contributed by atoms with Crippen molar-refractivity contribution in [2.24, 2.45) is 10.6 Å². The van der Waals surface area contributed by atoms with Gasteiger partial charge < -0.3 is 4.84 Å². The van der Waals surface area contributed by atoms with Crippen molar-refractivity contribution < 1.29 is 4.84 Å². The molecule has 0 heterocycles. The SMILES string of the molecule is CCC(C)ON=[C]C(C)(C)C. The van der Waals surface area contributed by atoms with Gasteiger partial charge in [-0.05, 0) is 13.3 Å². The van der Waals surface area contributed by atoms with Crippen molar-refractivity contribution in [3.05, 3.63) is 0 Å². The third-order valence-electron chi connectivity index (χ3n) is 1.19. The Morgan fingerprint density at radius 2 is 2.00 bits per heavy atom. The average molecular weight is 156 g/mol. The van der Waals surface area contributed by atoms with Gasteiger partial charge >= 0.3 is 0 Å². The summed E-state index contributed by atoms with van der Waals surface area (Å²) >= 11 is 0. The molecule has 0 saturated carbocycles. The molecule has 0 rings (SSSR count). The molecular formula is C9H18NO. The van der Waals surface area contributed by atoms with E-state index in [1.54, 1.807) is 0 Å². The molecular weight excluding hydrogens is 138 g/mol. The maximum atomic E-state index is 5.08. The Morgan fingerprint density at radius 3 is 2.36 bits per heavy atom. The molecule has 1 unspecified atom stereocenters. The third-order valence-corrected chi connectivity index (χ3v) is 1.19. The summed E-state index contributed by atoms with van der Waals surface area (Å²) in [5, 5.41) is 3.76. The minimum atomic E-state index is -0.00649. The first-order valence-corrected chi connectivity index (χ1v) is 4.08. The highest BCUT2D eigenvalue weighted by molar-refractivity contribution is 5.63. The zero-order valence-corrected chi connectivity index (χ0v) is 8.14. The van der Waals surface area contributed by atoms with Crippen molar-refractivity contribution in [3.63, 3.8) is 0 Å². The van der Waals surface area contributed by atoms with E-state index >= 15 is 0 Å². The number of nitrogens with zero attached hydrogens (tertiary/aromatic N) is 1. The van der Waals surface area contributed by atoms with E-state index in [0.717, 1.165) is 6.42 Å². The molecule has 0 aromatic carbocycles. The van der Waals surface area contributed by atoms with Crippen LogP contribution in [-0.4, -0.2) is 12.3 Å². The summed E-state index contributed by atoms with van der Waals surface area (Å²) in [6, 6.07) is 0. The van der Waals surface area contributed by atoms with Gasteiger partial charge in [0, 0.05) is 5.41 Å². The van der Waals surface area contributed by atoms with E-state index in [1.165, 1.54) is 0 Å². The van der Waals surface area contributed by atoms with Crippen molar-refractivity contribution in [2.45, 2.75) is 47.1 Å². The monoisotopic (exact) mass is 156 g/mol. The van der Waals surface area contributed by atoms with Gasteiger partial charge in [0.2, 0.25) is 0 Å². The molecule has 1 atom stereocenters. The molecule has 1 radical (unpaired) electrons. The third kappa shape index (κ3) is 7.37. The lowest BCUT2D eigenvalue weighted by molar-refractivity contribution is 0.0695. The molecule has 2 nitrogen and oxygen atoms in total. The number of rotatable bonds is 3. The van der Waals surface area contributed by atoms with E-state index in [0.29, 0.717) is 0 Å². The van der Waals surface area contributed by atoms with Gasteiger partial charge in [-0.2, -0.15) is 0 Å². The normalized spacial score (nSPS) is 15.4. The Kier molecular flexibility index (Phi) is 4.16. The highest BCUT2D eigenvalue weighted by Gasteiger charge is 2.07. The van der Waals surface area contributed by atoms with Crippen LogP contribution in [0, 0.1) is 5.41 Å². The molecule has 11 heavy (non-hydrogen) atoms. The molecule has 0 aliphatic heterocycles. The highest BCUT2D eigenvalue weighted by Crippen LogP contribution is 2.08. The lowest BCUT2D eigenvalue weighted by atomic mass is 10.00. The molecule has 0 aromatic rings. The van der Waals surface area contributed by atoms with Crippen LogP contribution >= 0.6 is 0 Å². The fourth-order valence-electron chi connectivity index (χ4n) is 0.328. The maximum Gasteiger partial charge on any atom is 0.124 e. The maximum absolute atomic E-state index is 5.08. The van der Waals surface area contributed by atoms with Gasteiger partial charge in [0.05, 0.1) is 0 Å². The van der Waals surface area contributed by atoms with Crippen molar-refractivity contribution >= 4 is 6.21 Å². The predicted molar refractivity (Wildman–Crippen MR) is 47.7 cm³/mol. The second-order valence-corrected chi connectivity index (χ2v) is 3.78. The van der Waals surface area contributed by atoms with Crippen LogP contribution in [0.15, 0.2) is 5.16 Å². The molecule has 0 spiro atoms. The minimum Gasteiger partial charge on any atom is -0.393 e. The summed E-state index contributed by atoms with van der Waals surface area (Å²) in [5.41, 5.74) is -0.00649. The van der Waals surface area contributed by atoms with E-state index in [-0.39, 0.29) is 11.5 Å². The van der Waals surface area contributed by atoms with E-state index < -0.39 is 0 Å². The zero-order chi connectivity index (χ0) is 8.91. The smallest absolute Gasteiger partial charge is 0.124 e. The van der Waals surface area contributed by atoms with Crippen LogP contribution in [0.5, 0.6) is 0 Å². The van der Waals surface area contributed by atoms with Crippen LogP contribution in [-0.2, 0) is 4.84 Å². The van der Waals surface area contributed by atoms with Gasteiger partial charge in [-0.15, -0.1) is 0 Å². The van der Waals surface area contributed by atoms with Crippen LogP contribution in [0.3, 0.4) is 0 Å². The van der Waals surface area contributed by atoms with E-state index in [9.17, 15) is 0 Å². The Bertz CT molecular complexity index is 124. The molecule has 0 saturated heterocycles. The van der Waals surface area contributed by atoms with E-state index in [1.807, 2.05) is 27.7 Å². The fraction of sp³-hybridized carbons (Fsp3) is 0.889. The lowest BCUT2D eigenvalue weighted by Gasteiger charge is -2.10. The quantitative estimate of drug-likeness (QED) is 0.455. The van der Waals surface area contributed by atoms with Crippen molar-refractivity contribution in [1.29, 1.82) is 0 Å². The largest absolute Gasteiger partial charge is 0.393 e. The van der Waals surface area contributed by atoms with Gasteiger partial charge in [0.1, 0.15) is 12.3 Å². The van der Waals surface area contributed by atoms with Crippen LogP contribution in [0.1, 0.15) is 41.0 Å². The number of hydrogen-bond donors (Lipinski definition) is 0. The van der Waals surface area contributed by atoms with Crippen molar-refractivity contribution in [3.8, 4) is 0 Å². The minimum absolute atomic E-state index is 0.00649. The topological polar surface area (TPSA) is 21.6 Å². The Morgan fingerprint density at radius 1 is 1.45 bits per heavy atom. The standard InChI is InChI=1S/C9H18NO/c1-6-8(2)11-10-7-9(3,4)5/h8H,6H2,1-5H3. The zero-order valence-electron chi connectivity index (χ0n) is 8.14. The molecule has 65 valence electrons. The molecule has 0 aliphatic carbocycles. The van der Waals surface area contributed by atoms with Gasteiger partial charge in [0.25, 0.3) is 0 Å². The summed E-state index contributed by atoms with van der Waals surface area (Å²) in [4.78, 5) is 5.08. The molecule has 0 aromatic heterocycles. The lowest BCUT2D eigenvalue weighted by Crippen LogP contribution is -2.08. The van der Waals surface area contributed by atoms with Crippen LogP contribution in [0.2, 0.25) is 0 Å². The molecule has 0 amide bonds. The van der Waals surface area contributed by atoms with Gasteiger partial charge in [0.15, 0.2) is 0 Å². The first-order chi connectivity index (χ1) is 4.95. The first-order valence-electron chi connectivity index (χ1n) is 4.08. The second-order valence-electron chi connectivity index (χ2n) is 3.78. The first kappa shape index (κ1) is 10.5. The number of hydrogen-bond acceptors (Lipinski definition) is 2. The van der Waals surface area contributed by atoms with E-state index in [2.05, 4.69) is 18.3 Å². The Hall–Kier alpha value is -0.530. The Balaban J connectivity index is 3.61. The van der Waals surface area contributed by atoms with Crippen LogP contribution in [0.4, 0.5) is 0 Å².